The molecule has 0 radical (unpaired) electrons. The van der Waals surface area contributed by atoms with E-state index in [4.69, 9.17) is 19.9 Å². The fourth-order valence-corrected chi connectivity index (χ4v) is 7.92. The van der Waals surface area contributed by atoms with Gasteiger partial charge in [-0.3, -0.25) is 4.98 Å². The summed E-state index contributed by atoms with van der Waals surface area (Å²) in [5.74, 6) is 1.95. The maximum absolute atomic E-state index is 5.07. The molecule has 0 fully saturated rings. The summed E-state index contributed by atoms with van der Waals surface area (Å²) in [6, 6.07) is 50.5. The molecule has 3 heterocycles. The number of aryl methyl sites for hydroxylation is 1. The van der Waals surface area contributed by atoms with Gasteiger partial charge in [-0.1, -0.05) is 140 Å². The van der Waals surface area contributed by atoms with Crippen molar-refractivity contribution in [1.29, 1.82) is 0 Å². The second-order valence-electron chi connectivity index (χ2n) is 12.2. The number of pyridine rings is 1. The third-order valence-electron chi connectivity index (χ3n) is 9.10. The van der Waals surface area contributed by atoms with Crippen molar-refractivity contribution < 1.29 is 0 Å². The van der Waals surface area contributed by atoms with Crippen LogP contribution in [-0.4, -0.2) is 19.9 Å². The van der Waals surface area contributed by atoms with Crippen molar-refractivity contribution in [3.8, 4) is 55.7 Å². The summed E-state index contributed by atoms with van der Waals surface area (Å²) in [4.78, 5) is 21.0. The minimum absolute atomic E-state index is 0.643. The van der Waals surface area contributed by atoms with Gasteiger partial charge < -0.3 is 0 Å². The summed E-state index contributed by atoms with van der Waals surface area (Å²) in [6.07, 6.45) is 6.36. The molecule has 0 atom stereocenters. The van der Waals surface area contributed by atoms with Crippen molar-refractivity contribution in [3.63, 3.8) is 0 Å². The minimum Gasteiger partial charge on any atom is -0.256 e. The molecule has 5 aromatic carbocycles. The van der Waals surface area contributed by atoms with Gasteiger partial charge in [-0.05, 0) is 41.7 Å². The van der Waals surface area contributed by atoms with Crippen LogP contribution in [0.3, 0.4) is 0 Å². The Bertz CT molecular complexity index is 2410. The van der Waals surface area contributed by atoms with E-state index in [0.717, 1.165) is 46.4 Å². The van der Waals surface area contributed by atoms with Gasteiger partial charge in [-0.25, -0.2) is 15.0 Å². The Morgan fingerprint density at radius 1 is 0.490 bits per heavy atom. The molecule has 0 amide bonds. The highest BCUT2D eigenvalue weighted by atomic mass is 32.1. The molecule has 0 saturated carbocycles. The Balaban J connectivity index is 1.06. The van der Waals surface area contributed by atoms with Crippen LogP contribution < -0.4 is 0 Å². The maximum Gasteiger partial charge on any atom is 0.164 e. The number of benzene rings is 5. The van der Waals surface area contributed by atoms with E-state index >= 15 is 0 Å². The third-order valence-corrected chi connectivity index (χ3v) is 10.3. The highest BCUT2D eigenvalue weighted by Crippen LogP contribution is 2.46. The number of fused-ring (bicyclic) bond motifs is 5. The predicted octanol–water partition coefficient (Wildman–Crippen LogP) is 11.2. The highest BCUT2D eigenvalue weighted by molar-refractivity contribution is 7.22. The molecule has 1 aliphatic rings. The molecule has 0 spiro atoms. The molecule has 49 heavy (non-hydrogen) atoms. The highest BCUT2D eigenvalue weighted by Gasteiger charge is 2.22. The lowest BCUT2D eigenvalue weighted by Gasteiger charge is -2.16. The molecule has 0 aliphatic heterocycles. The number of rotatable bonds is 5. The molecule has 0 unspecified atom stereocenters. The largest absolute Gasteiger partial charge is 0.256 e. The van der Waals surface area contributed by atoms with Crippen LogP contribution in [0.5, 0.6) is 0 Å². The fraction of sp³-hybridized carbons (Fsp3) is 0.0455. The second kappa shape index (κ2) is 12.5. The Morgan fingerprint density at radius 3 is 1.73 bits per heavy atom. The number of hydrogen-bond acceptors (Lipinski definition) is 5. The summed E-state index contributed by atoms with van der Waals surface area (Å²) < 4.78 is 1.30. The monoisotopic (exact) mass is 646 g/mol. The van der Waals surface area contributed by atoms with Crippen molar-refractivity contribution in [2.24, 2.45) is 0 Å². The average molecular weight is 647 g/mol. The van der Waals surface area contributed by atoms with E-state index in [1.54, 1.807) is 0 Å². The first kappa shape index (κ1) is 29.1. The molecule has 3 aromatic heterocycles. The number of thiophene rings is 1. The Labute approximate surface area is 289 Å². The summed E-state index contributed by atoms with van der Waals surface area (Å²) in [5, 5.41) is 1.29. The number of aromatic nitrogens is 4. The Morgan fingerprint density at radius 2 is 1.06 bits per heavy atom. The number of allylic oxidation sites excluding steroid dienone is 1. The van der Waals surface area contributed by atoms with Crippen molar-refractivity contribution in [1.82, 2.24) is 19.9 Å². The predicted molar refractivity (Wildman–Crippen MR) is 202 cm³/mol. The molecular formula is C44H30N4S. The van der Waals surface area contributed by atoms with Crippen LogP contribution in [0.2, 0.25) is 0 Å². The smallest absolute Gasteiger partial charge is 0.164 e. The SMILES string of the molecule is C1=C(/c2ccc(-c3ccc(-c4nc(-c5ccccc5)nc(-c5ccccc5)n4)cc3)cn2)c2c(sc3ccccc23)-c2ccccc2CC/1. The van der Waals surface area contributed by atoms with E-state index in [1.165, 1.54) is 37.2 Å². The lowest BCUT2D eigenvalue weighted by molar-refractivity contribution is 1.00. The standard InChI is InChI=1S/C44H30N4S/c1-3-13-31(14-4-1)42-46-43(32-15-5-2-6-16-32)48-44(47-42)33-24-22-29(23-25-33)34-26-27-38(45-28-34)36-20-11-17-30-12-7-8-18-35(30)41-40(36)37-19-9-10-21-39(37)49-41/h1-10,12-16,18-28H,11,17H2/b36-20-. The van der Waals surface area contributed by atoms with Crippen LogP contribution in [0.15, 0.2) is 158 Å². The molecule has 0 N–H and O–H groups in total. The van der Waals surface area contributed by atoms with E-state index in [1.807, 2.05) is 78.2 Å². The molecule has 0 saturated heterocycles. The first-order chi connectivity index (χ1) is 24.3. The number of hydrogen-bond donors (Lipinski definition) is 0. The van der Waals surface area contributed by atoms with Gasteiger partial charge in [0.1, 0.15) is 0 Å². The molecule has 0 bridgehead atoms. The van der Waals surface area contributed by atoms with Crippen LogP contribution >= 0.6 is 11.3 Å². The van der Waals surface area contributed by atoms with Crippen molar-refractivity contribution >= 4 is 27.0 Å². The summed E-state index contributed by atoms with van der Waals surface area (Å²) in [7, 11) is 0. The molecule has 8 aromatic rings. The quantitative estimate of drug-likeness (QED) is 0.187. The lowest BCUT2D eigenvalue weighted by Crippen LogP contribution is -2.00. The van der Waals surface area contributed by atoms with Gasteiger partial charge in [0.2, 0.25) is 0 Å². The topological polar surface area (TPSA) is 51.6 Å². The van der Waals surface area contributed by atoms with Crippen LogP contribution in [0.25, 0.3) is 71.4 Å². The minimum atomic E-state index is 0.643. The molecule has 232 valence electrons. The van der Waals surface area contributed by atoms with E-state index in [-0.39, 0.29) is 0 Å². The van der Waals surface area contributed by atoms with E-state index in [0.29, 0.717) is 17.5 Å². The molecule has 4 nitrogen and oxygen atoms in total. The van der Waals surface area contributed by atoms with Gasteiger partial charge in [-0.15, -0.1) is 11.3 Å². The first-order valence-corrected chi connectivity index (χ1v) is 17.3. The van der Waals surface area contributed by atoms with Gasteiger partial charge in [0.15, 0.2) is 17.5 Å². The lowest BCUT2D eigenvalue weighted by atomic mass is 9.89. The average Bonchev–Trinajstić information content (AvgIpc) is 3.55. The van der Waals surface area contributed by atoms with Gasteiger partial charge >= 0.3 is 0 Å². The summed E-state index contributed by atoms with van der Waals surface area (Å²) in [6.45, 7) is 0. The van der Waals surface area contributed by atoms with Gasteiger partial charge in [0.25, 0.3) is 0 Å². The Kier molecular flexibility index (Phi) is 7.45. The van der Waals surface area contributed by atoms with Gasteiger partial charge in [0.05, 0.1) is 5.69 Å². The fourth-order valence-electron chi connectivity index (χ4n) is 6.64. The summed E-state index contributed by atoms with van der Waals surface area (Å²) >= 11 is 1.88. The van der Waals surface area contributed by atoms with Crippen molar-refractivity contribution in [3.05, 3.63) is 175 Å². The summed E-state index contributed by atoms with van der Waals surface area (Å²) in [5.41, 5.74) is 11.2. The van der Waals surface area contributed by atoms with E-state index < -0.39 is 0 Å². The maximum atomic E-state index is 5.07. The van der Waals surface area contributed by atoms with Crippen LogP contribution in [-0.2, 0) is 6.42 Å². The van der Waals surface area contributed by atoms with Crippen LogP contribution in [0.1, 0.15) is 23.2 Å². The van der Waals surface area contributed by atoms with Crippen LogP contribution in [0, 0.1) is 0 Å². The zero-order valence-corrected chi connectivity index (χ0v) is 27.4. The van der Waals surface area contributed by atoms with Crippen LogP contribution in [0.4, 0.5) is 0 Å². The first-order valence-electron chi connectivity index (χ1n) is 16.5. The van der Waals surface area contributed by atoms with Crippen molar-refractivity contribution in [2.75, 3.05) is 0 Å². The normalized spacial score (nSPS) is 13.5. The molecule has 1 aliphatic carbocycles. The molecule has 9 rings (SSSR count). The zero-order valence-electron chi connectivity index (χ0n) is 26.6. The Hall–Kier alpha value is -6.04. The second-order valence-corrected chi connectivity index (χ2v) is 13.2. The zero-order chi connectivity index (χ0) is 32.6. The van der Waals surface area contributed by atoms with Gasteiger partial charge in [0, 0.05) is 54.6 Å². The molecular weight excluding hydrogens is 617 g/mol. The van der Waals surface area contributed by atoms with E-state index in [9.17, 15) is 0 Å². The van der Waals surface area contributed by atoms with Gasteiger partial charge in [-0.2, -0.15) is 0 Å². The number of nitrogens with zero attached hydrogens (tertiary/aromatic N) is 4. The molecule has 5 heteroatoms. The van der Waals surface area contributed by atoms with Crippen molar-refractivity contribution in [2.45, 2.75) is 12.8 Å². The van der Waals surface area contributed by atoms with E-state index in [2.05, 4.69) is 91.0 Å². The third kappa shape index (κ3) is 5.54.